The van der Waals surface area contributed by atoms with Gasteiger partial charge in [0.15, 0.2) is 0 Å². The van der Waals surface area contributed by atoms with Gasteiger partial charge in [-0.05, 0) is 41.8 Å². The van der Waals surface area contributed by atoms with Gasteiger partial charge in [-0.3, -0.25) is 0 Å². The molecular formula is C25H23ClN2O2. The van der Waals surface area contributed by atoms with Crippen LogP contribution in [-0.4, -0.2) is 15.6 Å². The minimum absolute atomic E-state index is 0.323. The Hall–Kier alpha value is -3.08. The van der Waals surface area contributed by atoms with Gasteiger partial charge < -0.3 is 15.0 Å². The second-order valence-electron chi connectivity index (χ2n) is 7.39. The molecule has 0 bridgehead atoms. The van der Waals surface area contributed by atoms with E-state index in [4.69, 9.17) is 11.6 Å². The Balaban J connectivity index is 1.70. The zero-order valence-electron chi connectivity index (χ0n) is 16.7. The topological polar surface area (TPSA) is 54.3 Å². The molecule has 0 aliphatic rings. The summed E-state index contributed by atoms with van der Waals surface area (Å²) in [6.45, 7) is 3.71. The highest BCUT2D eigenvalue weighted by atomic mass is 35.5. The number of hydrogen-bond acceptors (Lipinski definition) is 2. The summed E-state index contributed by atoms with van der Waals surface area (Å²) in [5.41, 5.74) is 5.47. The Morgan fingerprint density at radius 1 is 0.967 bits per heavy atom. The molecule has 2 N–H and O–H groups in total. The van der Waals surface area contributed by atoms with E-state index in [1.54, 1.807) is 0 Å². The molecule has 152 valence electrons. The lowest BCUT2D eigenvalue weighted by Gasteiger charge is -2.11. The Kier molecular flexibility index (Phi) is 5.88. The lowest BCUT2D eigenvalue weighted by Crippen LogP contribution is -2.17. The van der Waals surface area contributed by atoms with Crippen LogP contribution in [0.2, 0.25) is 5.02 Å². The molecular weight excluding hydrogens is 396 g/mol. The summed E-state index contributed by atoms with van der Waals surface area (Å²) in [7, 11) is 0. The average Bonchev–Trinajstić information content (AvgIpc) is 3.05. The molecule has 1 aromatic heterocycles. The summed E-state index contributed by atoms with van der Waals surface area (Å²) >= 11 is 6.01. The molecule has 0 amide bonds. The van der Waals surface area contributed by atoms with E-state index in [9.17, 15) is 9.90 Å². The van der Waals surface area contributed by atoms with E-state index in [-0.39, 0.29) is 0 Å². The van der Waals surface area contributed by atoms with E-state index < -0.39 is 5.97 Å². The van der Waals surface area contributed by atoms with Crippen LogP contribution in [-0.2, 0) is 19.6 Å². The number of hydrogen-bond donors (Lipinski definition) is 2. The number of aryl methyl sites for hydroxylation is 1. The predicted molar refractivity (Wildman–Crippen MR) is 121 cm³/mol. The van der Waals surface area contributed by atoms with Crippen molar-refractivity contribution in [2.75, 3.05) is 0 Å². The first-order valence-electron chi connectivity index (χ1n) is 9.87. The van der Waals surface area contributed by atoms with Crippen LogP contribution in [0.5, 0.6) is 0 Å². The largest absolute Gasteiger partial charge is 0.477 e. The first-order chi connectivity index (χ1) is 14.5. The zero-order chi connectivity index (χ0) is 21.1. The van der Waals surface area contributed by atoms with E-state index in [1.165, 1.54) is 11.1 Å². The van der Waals surface area contributed by atoms with Crippen LogP contribution in [0.1, 0.15) is 32.7 Å². The number of carbonyl (C=O) groups is 1. The molecule has 4 nitrogen and oxygen atoms in total. The number of rotatable bonds is 7. The lowest BCUT2D eigenvalue weighted by atomic mass is 10.1. The van der Waals surface area contributed by atoms with Gasteiger partial charge in [-0.15, -0.1) is 0 Å². The van der Waals surface area contributed by atoms with E-state index in [1.807, 2.05) is 65.2 Å². The van der Waals surface area contributed by atoms with Gasteiger partial charge in [0.2, 0.25) is 0 Å². The molecule has 3 aromatic carbocycles. The van der Waals surface area contributed by atoms with E-state index in [0.717, 1.165) is 22.0 Å². The summed E-state index contributed by atoms with van der Waals surface area (Å²) in [5.74, 6) is -0.923. The fourth-order valence-corrected chi connectivity index (χ4v) is 3.99. The maximum Gasteiger partial charge on any atom is 0.352 e. The van der Waals surface area contributed by atoms with Crippen molar-refractivity contribution in [2.24, 2.45) is 0 Å². The molecule has 0 aliphatic heterocycles. The molecule has 0 unspecified atom stereocenters. The van der Waals surface area contributed by atoms with Crippen LogP contribution in [0.4, 0.5) is 0 Å². The molecule has 0 aliphatic carbocycles. The van der Waals surface area contributed by atoms with Crippen molar-refractivity contribution in [1.29, 1.82) is 0 Å². The molecule has 0 radical (unpaired) electrons. The third-order valence-corrected chi connectivity index (χ3v) is 5.66. The molecule has 0 saturated carbocycles. The van der Waals surface area contributed by atoms with E-state index >= 15 is 0 Å². The van der Waals surface area contributed by atoms with Gasteiger partial charge in [-0.1, -0.05) is 66.2 Å². The maximum atomic E-state index is 12.3. The van der Waals surface area contributed by atoms with Crippen LogP contribution < -0.4 is 5.32 Å². The Morgan fingerprint density at radius 2 is 1.67 bits per heavy atom. The standard InChI is InChI=1S/C25H23ClN2O2/c1-17-6-2-3-7-19(17)14-27-15-22-21-8-4-5-9-23(21)28(24(22)25(29)30)16-18-10-12-20(26)13-11-18/h2-13,27H,14-16H2,1H3,(H,29,30). The van der Waals surface area contributed by atoms with Crippen LogP contribution in [0.3, 0.4) is 0 Å². The molecule has 5 heteroatoms. The highest BCUT2D eigenvalue weighted by Crippen LogP contribution is 2.28. The van der Waals surface area contributed by atoms with Gasteiger partial charge in [0.25, 0.3) is 0 Å². The second kappa shape index (κ2) is 8.74. The molecule has 4 aromatic rings. The minimum Gasteiger partial charge on any atom is -0.477 e. The molecule has 1 heterocycles. The molecule has 0 fully saturated rings. The van der Waals surface area contributed by atoms with Crippen molar-refractivity contribution in [3.63, 3.8) is 0 Å². The number of halogens is 1. The van der Waals surface area contributed by atoms with Gasteiger partial charge in [0.05, 0.1) is 0 Å². The number of nitrogens with one attached hydrogen (secondary N) is 1. The Morgan fingerprint density at radius 3 is 2.40 bits per heavy atom. The fourth-order valence-electron chi connectivity index (χ4n) is 3.87. The van der Waals surface area contributed by atoms with Gasteiger partial charge in [0.1, 0.15) is 5.69 Å². The second-order valence-corrected chi connectivity index (χ2v) is 7.83. The smallest absolute Gasteiger partial charge is 0.352 e. The van der Waals surface area contributed by atoms with Crippen LogP contribution in [0.15, 0.2) is 72.8 Å². The molecule has 0 spiro atoms. The number of para-hydroxylation sites is 1. The van der Waals surface area contributed by atoms with Crippen molar-refractivity contribution >= 4 is 28.5 Å². The zero-order valence-corrected chi connectivity index (χ0v) is 17.5. The lowest BCUT2D eigenvalue weighted by molar-refractivity contribution is 0.0685. The third-order valence-electron chi connectivity index (χ3n) is 5.41. The van der Waals surface area contributed by atoms with E-state index in [2.05, 4.69) is 24.4 Å². The first kappa shape index (κ1) is 20.2. The SMILES string of the molecule is Cc1ccccc1CNCc1c(C(=O)O)n(Cc2ccc(Cl)cc2)c2ccccc12. The first-order valence-corrected chi connectivity index (χ1v) is 10.3. The van der Waals surface area contributed by atoms with Gasteiger partial charge in [0, 0.05) is 41.1 Å². The molecule has 30 heavy (non-hydrogen) atoms. The Labute approximate surface area is 180 Å². The number of aromatic carboxylic acids is 1. The number of nitrogens with zero attached hydrogens (tertiary/aromatic N) is 1. The summed E-state index contributed by atoms with van der Waals surface area (Å²) < 4.78 is 1.88. The van der Waals surface area contributed by atoms with E-state index in [0.29, 0.717) is 30.4 Å². The van der Waals surface area contributed by atoms with Crippen LogP contribution >= 0.6 is 11.6 Å². The fraction of sp³-hybridized carbons (Fsp3) is 0.160. The van der Waals surface area contributed by atoms with Crippen molar-refractivity contribution in [3.05, 3.63) is 106 Å². The number of carboxylic acids is 1. The summed E-state index contributed by atoms with van der Waals surface area (Å²) in [6.07, 6.45) is 0. The molecule has 4 rings (SSSR count). The maximum absolute atomic E-state index is 12.3. The van der Waals surface area contributed by atoms with Crippen molar-refractivity contribution in [2.45, 2.75) is 26.6 Å². The molecule has 0 saturated heterocycles. The van der Waals surface area contributed by atoms with Gasteiger partial charge in [-0.2, -0.15) is 0 Å². The summed E-state index contributed by atoms with van der Waals surface area (Å²) in [5, 5.41) is 15.1. The average molecular weight is 419 g/mol. The van der Waals surface area contributed by atoms with Crippen molar-refractivity contribution < 1.29 is 9.90 Å². The van der Waals surface area contributed by atoms with Gasteiger partial charge >= 0.3 is 5.97 Å². The third kappa shape index (κ3) is 4.11. The number of fused-ring (bicyclic) bond motifs is 1. The number of benzene rings is 3. The van der Waals surface area contributed by atoms with Crippen LogP contribution in [0.25, 0.3) is 10.9 Å². The number of carboxylic acid groups (broad SMARTS) is 1. The normalized spacial score (nSPS) is 11.1. The van der Waals surface area contributed by atoms with Crippen molar-refractivity contribution in [3.8, 4) is 0 Å². The van der Waals surface area contributed by atoms with Crippen molar-refractivity contribution in [1.82, 2.24) is 9.88 Å². The Bertz CT molecular complexity index is 1200. The summed E-state index contributed by atoms with van der Waals surface area (Å²) in [4.78, 5) is 12.3. The quantitative estimate of drug-likeness (QED) is 0.408. The molecule has 0 atom stereocenters. The number of aromatic nitrogens is 1. The highest BCUT2D eigenvalue weighted by molar-refractivity contribution is 6.30. The van der Waals surface area contributed by atoms with Gasteiger partial charge in [-0.25, -0.2) is 4.79 Å². The predicted octanol–water partition coefficient (Wildman–Crippen LogP) is 5.64. The van der Waals surface area contributed by atoms with Crippen LogP contribution in [0, 0.1) is 6.92 Å². The monoisotopic (exact) mass is 418 g/mol. The minimum atomic E-state index is -0.923. The highest BCUT2D eigenvalue weighted by Gasteiger charge is 2.22. The summed E-state index contributed by atoms with van der Waals surface area (Å²) in [6, 6.07) is 23.6.